The van der Waals surface area contributed by atoms with Gasteiger partial charge in [-0.15, -0.1) is 0 Å². The second kappa shape index (κ2) is 7.83. The Hall–Kier alpha value is -1.82. The number of benzene rings is 1. The van der Waals surface area contributed by atoms with Gasteiger partial charge in [-0.1, -0.05) is 0 Å². The number of halogens is 1. The summed E-state index contributed by atoms with van der Waals surface area (Å²) in [4.78, 5) is 13.2. The van der Waals surface area contributed by atoms with Gasteiger partial charge in [0.25, 0.3) is 0 Å². The molecule has 2 aliphatic heterocycles. The van der Waals surface area contributed by atoms with E-state index < -0.39 is 0 Å². The van der Waals surface area contributed by atoms with Gasteiger partial charge in [0.15, 0.2) is 0 Å². The van der Waals surface area contributed by atoms with Gasteiger partial charge in [-0.2, -0.15) is 0 Å². The van der Waals surface area contributed by atoms with E-state index in [0.29, 0.717) is 18.0 Å². The highest BCUT2D eigenvalue weighted by Crippen LogP contribution is 2.28. The zero-order valence-corrected chi connectivity index (χ0v) is 14.1. The smallest absolute Gasteiger partial charge is 0.219 e. The third-order valence-corrected chi connectivity index (χ3v) is 4.69. The summed E-state index contributed by atoms with van der Waals surface area (Å²) in [7, 11) is 0. The van der Waals surface area contributed by atoms with Gasteiger partial charge in [0.1, 0.15) is 18.2 Å². The molecule has 0 spiro atoms. The lowest BCUT2D eigenvalue weighted by Crippen LogP contribution is -2.41. The molecule has 2 aliphatic rings. The molecule has 0 bridgehead atoms. The molecule has 1 N–H and O–H groups in total. The molecule has 2 heterocycles. The molecule has 1 aromatic rings. The first-order valence-corrected chi connectivity index (χ1v) is 8.68. The number of nitrogens with zero attached hydrogens (tertiary/aromatic N) is 1. The van der Waals surface area contributed by atoms with Crippen LogP contribution in [0.25, 0.3) is 0 Å². The number of rotatable bonds is 5. The van der Waals surface area contributed by atoms with Crippen LogP contribution in [0.15, 0.2) is 18.2 Å². The van der Waals surface area contributed by atoms with Crippen LogP contribution in [0.1, 0.15) is 32.6 Å². The van der Waals surface area contributed by atoms with Crippen molar-refractivity contribution >= 4 is 11.6 Å². The molecule has 1 atom stereocenters. The van der Waals surface area contributed by atoms with Crippen LogP contribution in [0, 0.1) is 5.82 Å². The average molecular weight is 336 g/mol. The fourth-order valence-electron chi connectivity index (χ4n) is 3.26. The Morgan fingerprint density at radius 1 is 1.38 bits per heavy atom. The summed E-state index contributed by atoms with van der Waals surface area (Å²) in [6.45, 7) is 4.33. The number of nitrogens with one attached hydrogen (secondary N) is 1. The van der Waals surface area contributed by atoms with Crippen LogP contribution in [-0.2, 0) is 9.53 Å². The topological polar surface area (TPSA) is 50.8 Å². The number of hydrogen-bond donors (Lipinski definition) is 1. The van der Waals surface area contributed by atoms with Crippen LogP contribution >= 0.6 is 0 Å². The molecule has 1 aromatic carbocycles. The van der Waals surface area contributed by atoms with Gasteiger partial charge < -0.3 is 19.7 Å². The van der Waals surface area contributed by atoms with Gasteiger partial charge in [-0.05, 0) is 37.8 Å². The minimum atomic E-state index is -0.289. The zero-order chi connectivity index (χ0) is 16.9. The predicted molar refractivity (Wildman–Crippen MR) is 89.8 cm³/mol. The summed E-state index contributed by atoms with van der Waals surface area (Å²) in [5.41, 5.74) is 0.675. The van der Waals surface area contributed by atoms with E-state index in [1.165, 1.54) is 12.1 Å². The molecule has 1 amide bonds. The molecule has 2 fully saturated rings. The van der Waals surface area contributed by atoms with Crippen molar-refractivity contribution in [2.24, 2.45) is 0 Å². The summed E-state index contributed by atoms with van der Waals surface area (Å²) in [6.07, 6.45) is 3.90. The van der Waals surface area contributed by atoms with Crippen molar-refractivity contribution in [2.45, 2.75) is 44.8 Å². The molecular weight excluding hydrogens is 311 g/mol. The fraction of sp³-hybridized carbons (Fsp3) is 0.611. The third kappa shape index (κ3) is 4.38. The van der Waals surface area contributed by atoms with Crippen molar-refractivity contribution in [3.05, 3.63) is 24.0 Å². The summed E-state index contributed by atoms with van der Waals surface area (Å²) in [5.74, 6) is 0.476. The van der Waals surface area contributed by atoms with Crippen LogP contribution in [0.3, 0.4) is 0 Å². The van der Waals surface area contributed by atoms with Crippen LogP contribution in [0.5, 0.6) is 5.75 Å². The number of likely N-dealkylation sites (tertiary alicyclic amines) is 1. The highest BCUT2D eigenvalue weighted by atomic mass is 19.1. The zero-order valence-electron chi connectivity index (χ0n) is 14.1. The Morgan fingerprint density at radius 2 is 2.17 bits per heavy atom. The van der Waals surface area contributed by atoms with Gasteiger partial charge in [0, 0.05) is 38.7 Å². The van der Waals surface area contributed by atoms with E-state index in [-0.39, 0.29) is 23.9 Å². The maximum atomic E-state index is 13.6. The molecule has 132 valence electrons. The minimum Gasteiger partial charge on any atom is -0.489 e. The van der Waals surface area contributed by atoms with Gasteiger partial charge >= 0.3 is 0 Å². The van der Waals surface area contributed by atoms with Crippen LogP contribution < -0.4 is 10.1 Å². The summed E-state index contributed by atoms with van der Waals surface area (Å²) in [6, 6.07) is 4.76. The molecule has 0 aromatic heterocycles. The number of piperidine rings is 1. The van der Waals surface area contributed by atoms with E-state index in [9.17, 15) is 9.18 Å². The van der Waals surface area contributed by atoms with Crippen molar-refractivity contribution in [3.63, 3.8) is 0 Å². The molecule has 5 nitrogen and oxygen atoms in total. The largest absolute Gasteiger partial charge is 0.489 e. The molecule has 2 saturated heterocycles. The normalized spacial score (nSPS) is 21.8. The lowest BCUT2D eigenvalue weighted by molar-refractivity contribution is -0.129. The first kappa shape index (κ1) is 17.0. The monoisotopic (exact) mass is 336 g/mol. The lowest BCUT2D eigenvalue weighted by atomic mass is 10.0. The molecule has 3 rings (SSSR count). The van der Waals surface area contributed by atoms with Crippen molar-refractivity contribution in [1.29, 1.82) is 0 Å². The standard InChI is InChI=1S/C18H25FN2O3/c1-13(22)21-8-6-15(7-9-21)20-17-11-14(19)4-5-18(17)24-12-16-3-2-10-23-16/h4-5,11,15-16,20H,2-3,6-10,12H2,1H3/t16-/m0/s1. The van der Waals surface area contributed by atoms with E-state index in [1.54, 1.807) is 13.0 Å². The predicted octanol–water partition coefficient (Wildman–Crippen LogP) is 2.81. The van der Waals surface area contributed by atoms with E-state index in [1.807, 2.05) is 4.90 Å². The molecule has 6 heteroatoms. The lowest BCUT2D eigenvalue weighted by Gasteiger charge is -2.32. The van der Waals surface area contributed by atoms with Gasteiger partial charge in [-0.3, -0.25) is 4.79 Å². The Bertz CT molecular complexity index is 567. The van der Waals surface area contributed by atoms with Gasteiger partial charge in [-0.25, -0.2) is 4.39 Å². The SMILES string of the molecule is CC(=O)N1CCC(Nc2cc(F)ccc2OC[C@@H]2CCCO2)CC1. The first-order chi connectivity index (χ1) is 11.6. The highest BCUT2D eigenvalue weighted by Gasteiger charge is 2.22. The summed E-state index contributed by atoms with van der Waals surface area (Å²) in [5, 5.41) is 3.38. The maximum Gasteiger partial charge on any atom is 0.219 e. The van der Waals surface area contributed by atoms with Crippen LogP contribution in [-0.4, -0.2) is 49.3 Å². The van der Waals surface area contributed by atoms with E-state index in [4.69, 9.17) is 9.47 Å². The molecular formula is C18H25FN2O3. The Balaban J connectivity index is 1.59. The van der Waals surface area contributed by atoms with Crippen molar-refractivity contribution in [2.75, 3.05) is 31.6 Å². The second-order valence-electron chi connectivity index (χ2n) is 6.51. The van der Waals surface area contributed by atoms with Crippen molar-refractivity contribution in [1.82, 2.24) is 4.90 Å². The average Bonchev–Trinajstić information content (AvgIpc) is 3.08. The molecule has 0 radical (unpaired) electrons. The Morgan fingerprint density at radius 3 is 2.83 bits per heavy atom. The van der Waals surface area contributed by atoms with E-state index in [2.05, 4.69) is 5.32 Å². The van der Waals surface area contributed by atoms with Crippen LogP contribution in [0.4, 0.5) is 10.1 Å². The fourth-order valence-corrected chi connectivity index (χ4v) is 3.26. The highest BCUT2D eigenvalue weighted by molar-refractivity contribution is 5.73. The van der Waals surface area contributed by atoms with Crippen LogP contribution in [0.2, 0.25) is 0 Å². The van der Waals surface area contributed by atoms with Crippen molar-refractivity contribution in [3.8, 4) is 5.75 Å². The third-order valence-electron chi connectivity index (χ3n) is 4.69. The number of amides is 1. The van der Waals surface area contributed by atoms with Gasteiger partial charge in [0.2, 0.25) is 5.91 Å². The number of carbonyl (C=O) groups is 1. The first-order valence-electron chi connectivity index (χ1n) is 8.68. The Kier molecular flexibility index (Phi) is 5.56. The quantitative estimate of drug-likeness (QED) is 0.898. The molecule has 0 unspecified atom stereocenters. The maximum absolute atomic E-state index is 13.6. The summed E-state index contributed by atoms with van der Waals surface area (Å²) < 4.78 is 25.1. The number of hydrogen-bond acceptors (Lipinski definition) is 4. The second-order valence-corrected chi connectivity index (χ2v) is 6.51. The Labute approximate surface area is 142 Å². The number of ether oxygens (including phenoxy) is 2. The molecule has 0 saturated carbocycles. The van der Waals surface area contributed by atoms with Crippen molar-refractivity contribution < 1.29 is 18.7 Å². The summed E-state index contributed by atoms with van der Waals surface area (Å²) >= 11 is 0. The van der Waals surface area contributed by atoms with E-state index in [0.717, 1.165) is 45.4 Å². The van der Waals surface area contributed by atoms with E-state index >= 15 is 0 Å². The van der Waals surface area contributed by atoms with Gasteiger partial charge in [0.05, 0.1) is 11.8 Å². The number of carbonyl (C=O) groups excluding carboxylic acids is 1. The minimum absolute atomic E-state index is 0.111. The molecule has 0 aliphatic carbocycles. The molecule has 24 heavy (non-hydrogen) atoms. The number of anilines is 1.